The molecule has 1 fully saturated rings. The maximum atomic E-state index is 12.8. The van der Waals surface area contributed by atoms with E-state index < -0.39 is 0 Å². The number of anilines is 1. The molecule has 30 heavy (non-hydrogen) atoms. The van der Waals surface area contributed by atoms with Crippen molar-refractivity contribution in [3.63, 3.8) is 0 Å². The van der Waals surface area contributed by atoms with Crippen LogP contribution in [0.4, 0.5) is 5.69 Å². The topological polar surface area (TPSA) is 77.2 Å². The van der Waals surface area contributed by atoms with Crippen molar-refractivity contribution in [3.05, 3.63) is 53.6 Å². The van der Waals surface area contributed by atoms with Crippen LogP contribution in [0.5, 0.6) is 11.5 Å². The third-order valence-electron chi connectivity index (χ3n) is 5.71. The number of benzene rings is 2. The van der Waals surface area contributed by atoms with Crippen molar-refractivity contribution in [1.29, 1.82) is 0 Å². The van der Waals surface area contributed by atoms with E-state index >= 15 is 0 Å². The fourth-order valence-corrected chi connectivity index (χ4v) is 4.13. The van der Waals surface area contributed by atoms with Crippen molar-refractivity contribution in [1.82, 2.24) is 5.01 Å². The van der Waals surface area contributed by atoms with Gasteiger partial charge in [-0.3, -0.25) is 4.79 Å². The maximum Gasteiger partial charge on any atom is 0.247 e. The van der Waals surface area contributed by atoms with E-state index in [9.17, 15) is 4.79 Å². The van der Waals surface area contributed by atoms with E-state index in [-0.39, 0.29) is 12.0 Å². The monoisotopic (exact) mass is 407 g/mol. The molecule has 158 valence electrons. The van der Waals surface area contributed by atoms with E-state index in [0.29, 0.717) is 18.7 Å². The van der Waals surface area contributed by atoms with E-state index in [4.69, 9.17) is 15.2 Å². The quantitative estimate of drug-likeness (QED) is 0.729. The van der Waals surface area contributed by atoms with Crippen LogP contribution >= 0.6 is 0 Å². The van der Waals surface area contributed by atoms with Crippen LogP contribution in [0.1, 0.15) is 49.7 Å². The molecular weight excluding hydrogens is 378 g/mol. The fourth-order valence-electron chi connectivity index (χ4n) is 4.13. The van der Waals surface area contributed by atoms with Gasteiger partial charge in [0.1, 0.15) is 0 Å². The normalized spacial score (nSPS) is 17.0. The van der Waals surface area contributed by atoms with Crippen molar-refractivity contribution in [2.45, 2.75) is 51.0 Å². The van der Waals surface area contributed by atoms with Crippen molar-refractivity contribution >= 4 is 17.3 Å². The number of hydrogen-bond donors (Lipinski definition) is 1. The highest BCUT2D eigenvalue weighted by atomic mass is 16.5. The van der Waals surface area contributed by atoms with E-state index in [1.807, 2.05) is 42.5 Å². The lowest BCUT2D eigenvalue weighted by Crippen LogP contribution is -2.33. The van der Waals surface area contributed by atoms with Gasteiger partial charge in [-0.15, -0.1) is 0 Å². The Morgan fingerprint density at radius 2 is 1.97 bits per heavy atom. The molecule has 0 bridgehead atoms. The zero-order chi connectivity index (χ0) is 20.9. The van der Waals surface area contributed by atoms with E-state index in [0.717, 1.165) is 54.0 Å². The highest BCUT2D eigenvalue weighted by Crippen LogP contribution is 2.33. The molecule has 1 amide bonds. The number of carbonyl (C=O) groups is 1. The number of ether oxygens (including phenoxy) is 2. The minimum Gasteiger partial charge on any atom is -0.493 e. The van der Waals surface area contributed by atoms with E-state index in [2.05, 4.69) is 5.10 Å². The summed E-state index contributed by atoms with van der Waals surface area (Å²) in [6, 6.07) is 13.4. The molecule has 0 aromatic heterocycles. The smallest absolute Gasteiger partial charge is 0.247 e. The third-order valence-corrected chi connectivity index (χ3v) is 5.71. The Morgan fingerprint density at radius 3 is 2.73 bits per heavy atom. The summed E-state index contributed by atoms with van der Waals surface area (Å²) in [7, 11) is 1.66. The van der Waals surface area contributed by atoms with Crippen LogP contribution in [0.15, 0.2) is 47.6 Å². The van der Waals surface area contributed by atoms with E-state index in [1.165, 1.54) is 12.8 Å². The fraction of sp³-hybridized carbons (Fsp3) is 0.417. The minimum atomic E-state index is -0.0197. The zero-order valence-corrected chi connectivity index (χ0v) is 17.5. The summed E-state index contributed by atoms with van der Waals surface area (Å²) in [6.45, 7) is 0.631. The van der Waals surface area contributed by atoms with Crippen LogP contribution in [0, 0.1) is 0 Å². The molecule has 0 radical (unpaired) electrons. The highest BCUT2D eigenvalue weighted by molar-refractivity contribution is 6.02. The first kappa shape index (κ1) is 20.3. The highest BCUT2D eigenvalue weighted by Gasteiger charge is 2.22. The van der Waals surface area contributed by atoms with Crippen molar-refractivity contribution in [2.24, 2.45) is 5.10 Å². The van der Waals surface area contributed by atoms with Gasteiger partial charge < -0.3 is 15.2 Å². The van der Waals surface area contributed by atoms with Gasteiger partial charge in [0.25, 0.3) is 0 Å². The Labute approximate surface area is 177 Å². The number of hydrogen-bond acceptors (Lipinski definition) is 5. The SMILES string of the molecule is COc1ccc(C2=NN(C(=O)Cc3cccc(N)c3)CCC2)cc1OC1CCCC1. The number of rotatable bonds is 6. The number of nitrogens with two attached hydrogens (primary N) is 1. The molecule has 1 aliphatic carbocycles. The Kier molecular flexibility index (Phi) is 6.21. The lowest BCUT2D eigenvalue weighted by molar-refractivity contribution is -0.130. The van der Waals surface area contributed by atoms with E-state index in [1.54, 1.807) is 12.1 Å². The lowest BCUT2D eigenvalue weighted by Gasteiger charge is -2.24. The molecule has 2 aromatic rings. The Balaban J connectivity index is 1.52. The first-order valence-corrected chi connectivity index (χ1v) is 10.7. The second-order valence-electron chi connectivity index (χ2n) is 7.98. The molecule has 0 atom stereocenters. The molecule has 1 saturated carbocycles. The van der Waals surface area contributed by atoms with Crippen LogP contribution in [-0.4, -0.2) is 36.4 Å². The van der Waals surface area contributed by atoms with Gasteiger partial charge in [0.15, 0.2) is 11.5 Å². The van der Waals surface area contributed by atoms with Gasteiger partial charge >= 0.3 is 0 Å². The van der Waals surface area contributed by atoms with Gasteiger partial charge in [-0.1, -0.05) is 12.1 Å². The van der Waals surface area contributed by atoms with Crippen LogP contribution in [-0.2, 0) is 11.2 Å². The third kappa shape index (κ3) is 4.75. The predicted octanol–water partition coefficient (Wildman–Crippen LogP) is 4.17. The number of carbonyl (C=O) groups excluding carboxylic acids is 1. The molecule has 2 aliphatic rings. The summed E-state index contributed by atoms with van der Waals surface area (Å²) in [5.41, 5.74) is 9.28. The molecule has 1 aliphatic heterocycles. The van der Waals surface area contributed by atoms with Crippen LogP contribution < -0.4 is 15.2 Å². The summed E-state index contributed by atoms with van der Waals surface area (Å²) in [4.78, 5) is 12.8. The summed E-state index contributed by atoms with van der Waals surface area (Å²) in [6.07, 6.45) is 6.84. The predicted molar refractivity (Wildman–Crippen MR) is 118 cm³/mol. The van der Waals surface area contributed by atoms with Crippen LogP contribution in [0.3, 0.4) is 0 Å². The number of nitrogen functional groups attached to an aromatic ring is 1. The summed E-state index contributed by atoms with van der Waals surface area (Å²) in [5, 5.41) is 6.26. The van der Waals surface area contributed by atoms with Crippen LogP contribution in [0.2, 0.25) is 0 Å². The molecule has 6 nitrogen and oxygen atoms in total. The van der Waals surface area contributed by atoms with Gasteiger partial charge in [-0.2, -0.15) is 5.10 Å². The zero-order valence-electron chi connectivity index (χ0n) is 17.5. The molecule has 2 aromatic carbocycles. The number of amides is 1. The average Bonchev–Trinajstić information content (AvgIpc) is 3.27. The van der Waals surface area contributed by atoms with Crippen molar-refractivity contribution < 1.29 is 14.3 Å². The minimum absolute atomic E-state index is 0.0197. The molecule has 1 heterocycles. The van der Waals surface area contributed by atoms with Gasteiger partial charge in [0, 0.05) is 17.8 Å². The van der Waals surface area contributed by atoms with Crippen LogP contribution in [0.25, 0.3) is 0 Å². The second kappa shape index (κ2) is 9.20. The summed E-state index contributed by atoms with van der Waals surface area (Å²) >= 11 is 0. The molecule has 0 saturated heterocycles. The first-order chi connectivity index (χ1) is 14.6. The van der Waals surface area contributed by atoms with Gasteiger partial charge in [0.05, 0.1) is 25.3 Å². The van der Waals surface area contributed by atoms with Crippen molar-refractivity contribution in [3.8, 4) is 11.5 Å². The number of nitrogens with zero attached hydrogens (tertiary/aromatic N) is 2. The summed E-state index contributed by atoms with van der Waals surface area (Å²) < 4.78 is 11.7. The Morgan fingerprint density at radius 1 is 1.13 bits per heavy atom. The van der Waals surface area contributed by atoms with Gasteiger partial charge in [-0.25, -0.2) is 5.01 Å². The molecule has 2 N–H and O–H groups in total. The number of methoxy groups -OCH3 is 1. The Bertz CT molecular complexity index is 935. The molecule has 0 unspecified atom stereocenters. The maximum absolute atomic E-state index is 12.8. The largest absolute Gasteiger partial charge is 0.493 e. The first-order valence-electron chi connectivity index (χ1n) is 10.7. The van der Waals surface area contributed by atoms with Crippen molar-refractivity contribution in [2.75, 3.05) is 19.4 Å². The lowest BCUT2D eigenvalue weighted by atomic mass is 10.0. The number of hydrazone groups is 1. The average molecular weight is 408 g/mol. The van der Waals surface area contributed by atoms with Gasteiger partial charge in [0.2, 0.25) is 5.91 Å². The van der Waals surface area contributed by atoms with Gasteiger partial charge in [-0.05, 0) is 74.4 Å². The summed E-state index contributed by atoms with van der Waals surface area (Å²) in [5.74, 6) is 1.47. The Hall–Kier alpha value is -3.02. The molecule has 0 spiro atoms. The molecular formula is C24H29N3O3. The second-order valence-corrected chi connectivity index (χ2v) is 7.98. The molecule has 4 rings (SSSR count). The molecule has 6 heteroatoms. The standard InChI is InChI=1S/C24H29N3O3/c1-29-22-12-11-18(16-23(22)30-20-8-2-3-9-20)21-10-5-13-27(26-21)24(28)15-17-6-4-7-19(25)14-17/h4,6-7,11-12,14,16,20H,2-3,5,8-10,13,15,25H2,1H3.